The third-order valence-electron chi connectivity index (χ3n) is 3.81. The number of hydrogen-bond acceptors (Lipinski definition) is 3. The fourth-order valence-corrected chi connectivity index (χ4v) is 3.92. The number of carbonyl (C=O) groups is 1. The summed E-state index contributed by atoms with van der Waals surface area (Å²) in [5.74, 6) is -0.218. The molecule has 0 aliphatic heterocycles. The van der Waals surface area contributed by atoms with E-state index in [-0.39, 0.29) is 15.7 Å². The van der Waals surface area contributed by atoms with E-state index in [1.54, 1.807) is 12.1 Å². The summed E-state index contributed by atoms with van der Waals surface area (Å²) in [4.78, 5) is 12.3. The van der Waals surface area contributed by atoms with Gasteiger partial charge in [0.25, 0.3) is 5.91 Å². The van der Waals surface area contributed by atoms with Gasteiger partial charge in [-0.3, -0.25) is 4.79 Å². The van der Waals surface area contributed by atoms with Gasteiger partial charge in [-0.1, -0.05) is 36.0 Å². The van der Waals surface area contributed by atoms with Crippen molar-refractivity contribution in [3.63, 3.8) is 0 Å². The van der Waals surface area contributed by atoms with E-state index in [0.29, 0.717) is 22.8 Å². The molecular formula is C14H18Cl2N2OS. The van der Waals surface area contributed by atoms with Gasteiger partial charge in [0.2, 0.25) is 0 Å². The van der Waals surface area contributed by atoms with Gasteiger partial charge in [0.15, 0.2) is 0 Å². The molecule has 1 aliphatic carbocycles. The Morgan fingerprint density at radius 1 is 1.40 bits per heavy atom. The van der Waals surface area contributed by atoms with Crippen LogP contribution in [0, 0.1) is 0 Å². The van der Waals surface area contributed by atoms with Crippen molar-refractivity contribution in [2.45, 2.75) is 30.4 Å². The molecule has 0 radical (unpaired) electrons. The van der Waals surface area contributed by atoms with Gasteiger partial charge in [-0.15, -0.1) is 0 Å². The van der Waals surface area contributed by atoms with Crippen molar-refractivity contribution in [3.05, 3.63) is 27.7 Å². The van der Waals surface area contributed by atoms with Gasteiger partial charge >= 0.3 is 0 Å². The summed E-state index contributed by atoms with van der Waals surface area (Å²) < 4.78 is 0.159. The molecule has 1 saturated carbocycles. The molecule has 1 aromatic carbocycles. The molecule has 0 atom stereocenters. The van der Waals surface area contributed by atoms with Crippen LogP contribution in [0.5, 0.6) is 0 Å². The first kappa shape index (κ1) is 15.8. The minimum absolute atomic E-state index is 0.159. The summed E-state index contributed by atoms with van der Waals surface area (Å²) in [7, 11) is 0. The highest BCUT2D eigenvalue weighted by molar-refractivity contribution is 8.00. The number of hydrogen-bond donors (Lipinski definition) is 2. The molecule has 0 unspecified atom stereocenters. The smallest absolute Gasteiger partial charge is 0.252 e. The molecule has 0 bridgehead atoms. The molecule has 6 heteroatoms. The van der Waals surface area contributed by atoms with Crippen LogP contribution in [0.25, 0.3) is 0 Å². The predicted molar refractivity (Wildman–Crippen MR) is 87.9 cm³/mol. The Bertz CT molecular complexity index is 516. The molecule has 3 N–H and O–H groups in total. The largest absolute Gasteiger partial charge is 0.399 e. The van der Waals surface area contributed by atoms with E-state index < -0.39 is 0 Å². The number of rotatable bonds is 4. The van der Waals surface area contributed by atoms with Gasteiger partial charge in [0.05, 0.1) is 15.6 Å². The van der Waals surface area contributed by atoms with Gasteiger partial charge in [0.1, 0.15) is 0 Å². The van der Waals surface area contributed by atoms with E-state index in [2.05, 4.69) is 11.6 Å². The standard InChI is InChI=1S/C14H18Cl2N2OS/c1-20-14(4-2-3-5-14)8-18-13(19)10-6-9(17)7-11(15)12(10)16/h6-7H,2-5,8,17H2,1H3,(H,18,19). The third-order valence-corrected chi connectivity index (χ3v) is 6.03. The first-order valence-corrected chi connectivity index (χ1v) is 8.53. The Morgan fingerprint density at radius 3 is 2.65 bits per heavy atom. The Kier molecular flexibility index (Phi) is 5.10. The van der Waals surface area contributed by atoms with Crippen molar-refractivity contribution >= 4 is 46.6 Å². The molecule has 110 valence electrons. The third kappa shape index (κ3) is 3.35. The van der Waals surface area contributed by atoms with Crippen LogP contribution >= 0.6 is 35.0 Å². The van der Waals surface area contributed by atoms with Gasteiger partial charge in [-0.05, 0) is 31.2 Å². The summed E-state index contributed by atoms with van der Waals surface area (Å²) in [5.41, 5.74) is 6.48. The number of nitrogen functional groups attached to an aromatic ring is 1. The van der Waals surface area contributed by atoms with Crippen LogP contribution in [-0.2, 0) is 0 Å². The van der Waals surface area contributed by atoms with Gasteiger partial charge < -0.3 is 11.1 Å². The van der Waals surface area contributed by atoms with E-state index in [1.165, 1.54) is 12.8 Å². The molecule has 0 saturated heterocycles. The normalized spacial score (nSPS) is 17.1. The number of nitrogens with two attached hydrogens (primary N) is 1. The molecule has 1 fully saturated rings. The van der Waals surface area contributed by atoms with E-state index in [1.807, 2.05) is 11.8 Å². The zero-order valence-electron chi connectivity index (χ0n) is 11.3. The van der Waals surface area contributed by atoms with Crippen LogP contribution in [0.15, 0.2) is 12.1 Å². The zero-order valence-corrected chi connectivity index (χ0v) is 13.7. The lowest BCUT2D eigenvalue weighted by atomic mass is 10.1. The van der Waals surface area contributed by atoms with Crippen LogP contribution in [0.4, 0.5) is 5.69 Å². The topological polar surface area (TPSA) is 55.1 Å². The Hall–Kier alpha value is -0.580. The number of anilines is 1. The number of nitrogens with one attached hydrogen (secondary N) is 1. The maximum absolute atomic E-state index is 12.3. The molecule has 3 nitrogen and oxygen atoms in total. The molecule has 0 spiro atoms. The maximum atomic E-state index is 12.3. The van der Waals surface area contributed by atoms with E-state index in [0.717, 1.165) is 12.8 Å². The number of thioether (sulfide) groups is 1. The number of halogens is 2. The lowest BCUT2D eigenvalue weighted by molar-refractivity contribution is 0.0950. The summed E-state index contributed by atoms with van der Waals surface area (Å²) in [6.07, 6.45) is 6.82. The van der Waals surface area contributed by atoms with E-state index in [9.17, 15) is 4.79 Å². The summed E-state index contributed by atoms with van der Waals surface area (Å²) in [6.45, 7) is 0.649. The summed E-state index contributed by atoms with van der Waals surface area (Å²) in [5, 5.41) is 3.53. The van der Waals surface area contributed by atoms with Crippen molar-refractivity contribution in [2.75, 3.05) is 18.5 Å². The molecule has 0 aromatic heterocycles. The van der Waals surface area contributed by atoms with Crippen LogP contribution in [-0.4, -0.2) is 23.5 Å². The molecular weight excluding hydrogens is 315 g/mol. The first-order valence-electron chi connectivity index (χ1n) is 6.55. The molecule has 2 rings (SSSR count). The fraction of sp³-hybridized carbons (Fsp3) is 0.500. The van der Waals surface area contributed by atoms with Crippen molar-refractivity contribution in [2.24, 2.45) is 0 Å². The van der Waals surface area contributed by atoms with E-state index in [4.69, 9.17) is 28.9 Å². The molecule has 1 aromatic rings. The van der Waals surface area contributed by atoms with Gasteiger partial charge in [-0.25, -0.2) is 0 Å². The van der Waals surface area contributed by atoms with Crippen LogP contribution < -0.4 is 11.1 Å². The fourth-order valence-electron chi connectivity index (χ4n) is 2.58. The Labute approximate surface area is 133 Å². The zero-order chi connectivity index (χ0) is 14.8. The van der Waals surface area contributed by atoms with Gasteiger partial charge in [-0.2, -0.15) is 11.8 Å². The number of amides is 1. The second kappa shape index (κ2) is 6.46. The Balaban J connectivity index is 2.09. The highest BCUT2D eigenvalue weighted by atomic mass is 35.5. The quantitative estimate of drug-likeness (QED) is 0.820. The second-order valence-corrected chi connectivity index (χ2v) is 7.20. The number of carbonyl (C=O) groups excluding carboxylic acids is 1. The average Bonchev–Trinajstić information content (AvgIpc) is 2.89. The van der Waals surface area contributed by atoms with Crippen molar-refractivity contribution in [1.82, 2.24) is 5.32 Å². The van der Waals surface area contributed by atoms with E-state index >= 15 is 0 Å². The van der Waals surface area contributed by atoms with Crippen LogP contribution in [0.3, 0.4) is 0 Å². The molecule has 1 amide bonds. The maximum Gasteiger partial charge on any atom is 0.252 e. The van der Waals surface area contributed by atoms with Crippen LogP contribution in [0.2, 0.25) is 10.0 Å². The monoisotopic (exact) mass is 332 g/mol. The first-order chi connectivity index (χ1) is 9.47. The second-order valence-electron chi connectivity index (χ2n) is 5.14. The van der Waals surface area contributed by atoms with Crippen LogP contribution in [0.1, 0.15) is 36.0 Å². The highest BCUT2D eigenvalue weighted by Crippen LogP contribution is 2.39. The molecule has 20 heavy (non-hydrogen) atoms. The summed E-state index contributed by atoms with van der Waals surface area (Å²) in [6, 6.07) is 3.10. The lowest BCUT2D eigenvalue weighted by Gasteiger charge is -2.27. The Morgan fingerprint density at radius 2 is 2.05 bits per heavy atom. The molecule has 1 aliphatic rings. The molecule has 0 heterocycles. The van der Waals surface area contributed by atoms with Gasteiger partial charge in [0, 0.05) is 17.0 Å². The predicted octanol–water partition coefficient (Wildman–Crippen LogP) is 3.98. The van der Waals surface area contributed by atoms with Crippen molar-refractivity contribution in [1.29, 1.82) is 0 Å². The average molecular weight is 333 g/mol. The number of benzene rings is 1. The minimum atomic E-state index is -0.218. The van der Waals surface area contributed by atoms with Crippen molar-refractivity contribution < 1.29 is 4.79 Å². The SMILES string of the molecule is CSC1(CNC(=O)c2cc(N)cc(Cl)c2Cl)CCCC1. The lowest BCUT2D eigenvalue weighted by Crippen LogP contribution is -2.38. The minimum Gasteiger partial charge on any atom is -0.399 e. The summed E-state index contributed by atoms with van der Waals surface area (Å²) >= 11 is 13.8. The highest BCUT2D eigenvalue weighted by Gasteiger charge is 2.33. The van der Waals surface area contributed by atoms with Crippen molar-refractivity contribution in [3.8, 4) is 0 Å².